The van der Waals surface area contributed by atoms with Crippen molar-refractivity contribution in [2.45, 2.75) is 20.4 Å². The molecule has 0 aliphatic heterocycles. The van der Waals surface area contributed by atoms with Crippen LogP contribution in [0.15, 0.2) is 54.7 Å². The molecule has 3 aromatic rings. The van der Waals surface area contributed by atoms with Gasteiger partial charge in [-0.15, -0.1) is 0 Å². The lowest BCUT2D eigenvalue weighted by molar-refractivity contribution is 0.881. The molecule has 1 aromatic heterocycles. The van der Waals surface area contributed by atoms with E-state index >= 15 is 0 Å². The van der Waals surface area contributed by atoms with E-state index in [9.17, 15) is 0 Å². The van der Waals surface area contributed by atoms with E-state index in [-0.39, 0.29) is 0 Å². The first kappa shape index (κ1) is 13.6. The van der Waals surface area contributed by atoms with Crippen molar-refractivity contribution in [3.8, 4) is 16.9 Å². The fourth-order valence-electron chi connectivity index (χ4n) is 2.42. The van der Waals surface area contributed by atoms with Gasteiger partial charge in [0.15, 0.2) is 0 Å². The second-order valence-electron chi connectivity index (χ2n) is 5.36. The zero-order chi connectivity index (χ0) is 14.8. The molecular weight excluding hydrogens is 258 g/mol. The molecule has 3 heteroatoms. The summed E-state index contributed by atoms with van der Waals surface area (Å²) in [5, 5.41) is 4.73. The van der Waals surface area contributed by atoms with Gasteiger partial charge in [0.1, 0.15) is 0 Å². The van der Waals surface area contributed by atoms with Crippen LogP contribution in [0.25, 0.3) is 16.9 Å². The first-order valence-electron chi connectivity index (χ1n) is 7.10. The molecule has 2 aromatic carbocycles. The SMILES string of the molecule is Cc1ccc(-c2nn(-c3cccc(C)c3)cc2CN)cc1. The molecule has 3 nitrogen and oxygen atoms in total. The molecule has 0 bridgehead atoms. The summed E-state index contributed by atoms with van der Waals surface area (Å²) < 4.78 is 1.91. The van der Waals surface area contributed by atoms with Crippen molar-refractivity contribution < 1.29 is 0 Å². The van der Waals surface area contributed by atoms with Crippen LogP contribution in [0.5, 0.6) is 0 Å². The van der Waals surface area contributed by atoms with E-state index in [0.717, 1.165) is 22.5 Å². The quantitative estimate of drug-likeness (QED) is 0.794. The third-order valence-electron chi connectivity index (χ3n) is 3.60. The van der Waals surface area contributed by atoms with Crippen molar-refractivity contribution in [1.82, 2.24) is 9.78 Å². The average molecular weight is 277 g/mol. The van der Waals surface area contributed by atoms with Crippen molar-refractivity contribution >= 4 is 0 Å². The van der Waals surface area contributed by atoms with Gasteiger partial charge in [0.05, 0.1) is 11.4 Å². The van der Waals surface area contributed by atoms with E-state index in [1.54, 1.807) is 0 Å². The topological polar surface area (TPSA) is 43.8 Å². The minimum Gasteiger partial charge on any atom is -0.326 e. The summed E-state index contributed by atoms with van der Waals surface area (Å²) in [6.07, 6.45) is 2.02. The Morgan fingerprint density at radius 3 is 2.43 bits per heavy atom. The minimum absolute atomic E-state index is 0.481. The molecule has 0 saturated heterocycles. The Morgan fingerprint density at radius 1 is 1.00 bits per heavy atom. The van der Waals surface area contributed by atoms with Crippen LogP contribution in [0, 0.1) is 13.8 Å². The summed E-state index contributed by atoms with van der Waals surface area (Å²) >= 11 is 0. The van der Waals surface area contributed by atoms with Crippen molar-refractivity contribution in [3.63, 3.8) is 0 Å². The standard InChI is InChI=1S/C18H19N3/c1-13-6-8-15(9-7-13)18-16(11-19)12-21(20-18)17-5-3-4-14(2)10-17/h3-10,12H,11,19H2,1-2H3. The Labute approximate surface area is 125 Å². The molecule has 0 atom stereocenters. The normalized spacial score (nSPS) is 10.8. The number of rotatable bonds is 3. The molecule has 0 radical (unpaired) electrons. The zero-order valence-electron chi connectivity index (χ0n) is 12.4. The number of hydrogen-bond donors (Lipinski definition) is 1. The Balaban J connectivity index is 2.08. The van der Waals surface area contributed by atoms with Crippen molar-refractivity contribution in [2.75, 3.05) is 0 Å². The van der Waals surface area contributed by atoms with Gasteiger partial charge in [0, 0.05) is 23.9 Å². The van der Waals surface area contributed by atoms with Gasteiger partial charge in [0.25, 0.3) is 0 Å². The molecule has 0 spiro atoms. The summed E-state index contributed by atoms with van der Waals surface area (Å²) in [5.41, 5.74) is 12.5. The van der Waals surface area contributed by atoms with E-state index in [1.807, 2.05) is 16.9 Å². The van der Waals surface area contributed by atoms with Crippen LogP contribution in [0.2, 0.25) is 0 Å². The largest absolute Gasteiger partial charge is 0.326 e. The van der Waals surface area contributed by atoms with E-state index in [4.69, 9.17) is 10.8 Å². The van der Waals surface area contributed by atoms with Crippen LogP contribution in [0.3, 0.4) is 0 Å². The van der Waals surface area contributed by atoms with Crippen LogP contribution in [-0.2, 0) is 6.54 Å². The molecule has 0 aliphatic rings. The van der Waals surface area contributed by atoms with Crippen LogP contribution in [0.4, 0.5) is 0 Å². The highest BCUT2D eigenvalue weighted by atomic mass is 15.3. The number of hydrogen-bond acceptors (Lipinski definition) is 2. The maximum absolute atomic E-state index is 5.89. The third-order valence-corrected chi connectivity index (χ3v) is 3.60. The molecule has 0 fully saturated rings. The molecular formula is C18H19N3. The van der Waals surface area contributed by atoms with Gasteiger partial charge in [-0.05, 0) is 31.5 Å². The summed E-state index contributed by atoms with van der Waals surface area (Å²) in [6, 6.07) is 16.7. The fraction of sp³-hybridized carbons (Fsp3) is 0.167. The summed E-state index contributed by atoms with van der Waals surface area (Å²) in [5.74, 6) is 0. The molecule has 106 valence electrons. The van der Waals surface area contributed by atoms with Gasteiger partial charge < -0.3 is 5.73 Å². The first-order valence-corrected chi connectivity index (χ1v) is 7.10. The predicted octanol–water partition coefficient (Wildman–Crippen LogP) is 3.61. The maximum atomic E-state index is 5.89. The van der Waals surface area contributed by atoms with Gasteiger partial charge in [-0.2, -0.15) is 5.10 Å². The molecule has 0 saturated carbocycles. The highest BCUT2D eigenvalue weighted by Crippen LogP contribution is 2.24. The van der Waals surface area contributed by atoms with Crippen LogP contribution in [-0.4, -0.2) is 9.78 Å². The minimum atomic E-state index is 0.481. The Morgan fingerprint density at radius 2 is 1.76 bits per heavy atom. The Bertz CT molecular complexity index is 754. The number of nitrogens with zero attached hydrogens (tertiary/aromatic N) is 2. The second-order valence-corrected chi connectivity index (χ2v) is 5.36. The lowest BCUT2D eigenvalue weighted by Crippen LogP contribution is -1.96. The number of benzene rings is 2. The van der Waals surface area contributed by atoms with Gasteiger partial charge >= 0.3 is 0 Å². The smallest absolute Gasteiger partial charge is 0.0972 e. The highest BCUT2D eigenvalue weighted by molar-refractivity contribution is 5.63. The van der Waals surface area contributed by atoms with Crippen LogP contribution >= 0.6 is 0 Å². The molecule has 0 amide bonds. The number of nitrogens with two attached hydrogens (primary N) is 1. The fourth-order valence-corrected chi connectivity index (χ4v) is 2.42. The van der Waals surface area contributed by atoms with Crippen molar-refractivity contribution in [3.05, 3.63) is 71.4 Å². The third kappa shape index (κ3) is 2.73. The van der Waals surface area contributed by atoms with E-state index in [0.29, 0.717) is 6.54 Å². The molecule has 0 unspecified atom stereocenters. The Kier molecular flexibility index (Phi) is 3.59. The summed E-state index contributed by atoms with van der Waals surface area (Å²) in [7, 11) is 0. The average Bonchev–Trinajstić information content (AvgIpc) is 2.92. The molecule has 2 N–H and O–H groups in total. The molecule has 3 rings (SSSR count). The first-order chi connectivity index (χ1) is 10.2. The second kappa shape index (κ2) is 5.54. The maximum Gasteiger partial charge on any atom is 0.0972 e. The van der Waals surface area contributed by atoms with Gasteiger partial charge in [-0.3, -0.25) is 0 Å². The lowest BCUT2D eigenvalue weighted by Gasteiger charge is -2.02. The van der Waals surface area contributed by atoms with Crippen molar-refractivity contribution in [2.24, 2.45) is 5.73 Å². The van der Waals surface area contributed by atoms with Crippen LogP contribution in [0.1, 0.15) is 16.7 Å². The summed E-state index contributed by atoms with van der Waals surface area (Å²) in [4.78, 5) is 0. The zero-order valence-corrected chi connectivity index (χ0v) is 12.4. The monoisotopic (exact) mass is 277 g/mol. The van der Waals surface area contributed by atoms with E-state index in [1.165, 1.54) is 11.1 Å². The molecule has 0 aliphatic carbocycles. The van der Waals surface area contributed by atoms with Gasteiger partial charge in [-0.25, -0.2) is 4.68 Å². The van der Waals surface area contributed by atoms with Gasteiger partial charge in [-0.1, -0.05) is 42.0 Å². The Hall–Kier alpha value is -2.39. The predicted molar refractivity (Wildman–Crippen MR) is 86.4 cm³/mol. The van der Waals surface area contributed by atoms with Crippen molar-refractivity contribution in [1.29, 1.82) is 0 Å². The van der Waals surface area contributed by atoms with Crippen LogP contribution < -0.4 is 5.73 Å². The summed E-state index contributed by atoms with van der Waals surface area (Å²) in [6.45, 7) is 4.64. The molecule has 21 heavy (non-hydrogen) atoms. The molecule has 1 heterocycles. The van der Waals surface area contributed by atoms with E-state index in [2.05, 4.69) is 56.3 Å². The highest BCUT2D eigenvalue weighted by Gasteiger charge is 2.11. The van der Waals surface area contributed by atoms with E-state index < -0.39 is 0 Å². The number of aryl methyl sites for hydroxylation is 2. The lowest BCUT2D eigenvalue weighted by atomic mass is 10.1. The number of aromatic nitrogens is 2. The van der Waals surface area contributed by atoms with Gasteiger partial charge in [0.2, 0.25) is 0 Å².